The van der Waals surface area contributed by atoms with E-state index in [1.807, 2.05) is 60.7 Å². The highest BCUT2D eigenvalue weighted by Crippen LogP contribution is 2.27. The number of hydrogen-bond acceptors (Lipinski definition) is 4. The molecule has 2 aromatic carbocycles. The predicted molar refractivity (Wildman–Crippen MR) is 121 cm³/mol. The van der Waals surface area contributed by atoms with Gasteiger partial charge in [0, 0.05) is 47.7 Å². The average molecular weight is 408 g/mol. The number of para-hydroxylation sites is 1. The van der Waals surface area contributed by atoms with E-state index in [1.165, 1.54) is 0 Å². The summed E-state index contributed by atoms with van der Waals surface area (Å²) in [5.74, 6) is -0.107. The number of pyridine rings is 2. The van der Waals surface area contributed by atoms with E-state index in [1.54, 1.807) is 23.4 Å². The van der Waals surface area contributed by atoms with Crippen molar-refractivity contribution in [1.29, 1.82) is 0 Å². The molecular weight excluding hydrogens is 388 g/mol. The van der Waals surface area contributed by atoms with Crippen molar-refractivity contribution in [3.05, 3.63) is 84.7 Å². The summed E-state index contributed by atoms with van der Waals surface area (Å²) < 4.78 is 0. The minimum absolute atomic E-state index is 0.116. The third kappa shape index (κ3) is 3.75. The van der Waals surface area contributed by atoms with Crippen molar-refractivity contribution in [3.8, 4) is 11.3 Å². The summed E-state index contributed by atoms with van der Waals surface area (Å²) in [6.07, 6.45) is 4.84. The number of carbonyl (C=O) groups is 2. The lowest BCUT2D eigenvalue weighted by Crippen LogP contribution is -2.23. The fourth-order valence-corrected chi connectivity index (χ4v) is 3.90. The van der Waals surface area contributed by atoms with E-state index in [9.17, 15) is 9.59 Å². The van der Waals surface area contributed by atoms with Gasteiger partial charge in [0.25, 0.3) is 5.91 Å². The number of anilines is 2. The highest BCUT2D eigenvalue weighted by molar-refractivity contribution is 6.13. The van der Waals surface area contributed by atoms with Gasteiger partial charge >= 0.3 is 0 Å². The van der Waals surface area contributed by atoms with Gasteiger partial charge in [-0.15, -0.1) is 0 Å². The van der Waals surface area contributed by atoms with Gasteiger partial charge in [-0.05, 0) is 48.9 Å². The number of nitrogens with one attached hydrogen (secondary N) is 1. The minimum Gasteiger partial charge on any atom is -0.322 e. The highest BCUT2D eigenvalue weighted by Gasteiger charge is 2.22. The molecule has 152 valence electrons. The number of aromatic nitrogens is 2. The van der Waals surface area contributed by atoms with E-state index >= 15 is 0 Å². The molecule has 2 amide bonds. The first kappa shape index (κ1) is 18.9. The molecule has 1 fully saturated rings. The van der Waals surface area contributed by atoms with Gasteiger partial charge in [-0.1, -0.05) is 24.3 Å². The molecule has 6 heteroatoms. The third-order valence-electron chi connectivity index (χ3n) is 5.43. The molecule has 3 heterocycles. The van der Waals surface area contributed by atoms with Crippen molar-refractivity contribution < 1.29 is 9.59 Å². The molecule has 1 aliphatic rings. The van der Waals surface area contributed by atoms with Crippen LogP contribution >= 0.6 is 0 Å². The molecule has 0 aliphatic carbocycles. The van der Waals surface area contributed by atoms with E-state index in [4.69, 9.17) is 4.98 Å². The van der Waals surface area contributed by atoms with E-state index in [2.05, 4.69) is 10.3 Å². The molecule has 1 saturated heterocycles. The summed E-state index contributed by atoms with van der Waals surface area (Å²) >= 11 is 0. The number of nitrogens with zero attached hydrogens (tertiary/aromatic N) is 3. The Morgan fingerprint density at radius 2 is 1.81 bits per heavy atom. The molecule has 0 radical (unpaired) electrons. The molecule has 4 aromatic rings. The molecule has 0 atom stereocenters. The van der Waals surface area contributed by atoms with Crippen LogP contribution in [-0.2, 0) is 4.79 Å². The second-order valence-corrected chi connectivity index (χ2v) is 7.46. The van der Waals surface area contributed by atoms with Gasteiger partial charge in [0.2, 0.25) is 5.91 Å². The first-order valence-electron chi connectivity index (χ1n) is 10.2. The van der Waals surface area contributed by atoms with Crippen LogP contribution in [0.5, 0.6) is 0 Å². The standard InChI is InChI=1S/C25H20N4O2/c30-24-9-4-14-29(24)19-6-3-5-18(15-19)27-25(31)21-16-23(17-10-12-26-13-11-17)28-22-8-2-1-7-20(21)22/h1-3,5-8,10-13,15-16H,4,9,14H2,(H,27,31). The predicted octanol–water partition coefficient (Wildman–Crippen LogP) is 4.68. The normalized spacial score (nSPS) is 13.5. The smallest absolute Gasteiger partial charge is 0.256 e. The van der Waals surface area contributed by atoms with E-state index in [0.29, 0.717) is 29.9 Å². The molecule has 0 unspecified atom stereocenters. The van der Waals surface area contributed by atoms with E-state index < -0.39 is 0 Å². The Labute approximate surface area is 179 Å². The van der Waals surface area contributed by atoms with Gasteiger partial charge in [-0.3, -0.25) is 14.6 Å². The van der Waals surface area contributed by atoms with Crippen LogP contribution in [0.4, 0.5) is 11.4 Å². The van der Waals surface area contributed by atoms with Crippen LogP contribution in [-0.4, -0.2) is 28.3 Å². The lowest BCUT2D eigenvalue weighted by atomic mass is 10.0. The molecule has 0 saturated carbocycles. The average Bonchev–Trinajstić information content (AvgIpc) is 3.25. The first-order valence-corrected chi connectivity index (χ1v) is 10.2. The van der Waals surface area contributed by atoms with Crippen molar-refractivity contribution >= 4 is 34.1 Å². The van der Waals surface area contributed by atoms with Gasteiger partial charge < -0.3 is 10.2 Å². The van der Waals surface area contributed by atoms with Crippen molar-refractivity contribution in [1.82, 2.24) is 9.97 Å². The van der Waals surface area contributed by atoms with Crippen molar-refractivity contribution in [2.75, 3.05) is 16.8 Å². The third-order valence-corrected chi connectivity index (χ3v) is 5.43. The molecular formula is C25H20N4O2. The zero-order valence-corrected chi connectivity index (χ0v) is 16.8. The molecule has 0 bridgehead atoms. The summed E-state index contributed by atoms with van der Waals surface area (Å²) in [6, 6.07) is 20.6. The molecule has 5 rings (SSSR count). The summed E-state index contributed by atoms with van der Waals surface area (Å²) in [5, 5.41) is 3.77. The van der Waals surface area contributed by atoms with Gasteiger partial charge in [-0.25, -0.2) is 4.98 Å². The zero-order valence-electron chi connectivity index (χ0n) is 16.8. The van der Waals surface area contributed by atoms with Crippen LogP contribution in [0.2, 0.25) is 0 Å². The van der Waals surface area contributed by atoms with Crippen molar-refractivity contribution in [3.63, 3.8) is 0 Å². The van der Waals surface area contributed by atoms with Crippen LogP contribution in [0.1, 0.15) is 23.2 Å². The lowest BCUT2D eigenvalue weighted by molar-refractivity contribution is -0.117. The number of amides is 2. The van der Waals surface area contributed by atoms with Crippen LogP contribution < -0.4 is 10.2 Å². The first-order chi connectivity index (χ1) is 15.2. The molecule has 1 aliphatic heterocycles. The fraction of sp³-hybridized carbons (Fsp3) is 0.120. The Morgan fingerprint density at radius 3 is 2.61 bits per heavy atom. The fourth-order valence-electron chi connectivity index (χ4n) is 3.90. The van der Waals surface area contributed by atoms with E-state index in [-0.39, 0.29) is 11.8 Å². The number of hydrogen-bond donors (Lipinski definition) is 1. The topological polar surface area (TPSA) is 75.2 Å². The Hall–Kier alpha value is -4.06. The van der Waals surface area contributed by atoms with Gasteiger partial charge in [0.15, 0.2) is 0 Å². The van der Waals surface area contributed by atoms with Crippen LogP contribution in [0.25, 0.3) is 22.2 Å². The van der Waals surface area contributed by atoms with Crippen LogP contribution in [0.3, 0.4) is 0 Å². The van der Waals surface area contributed by atoms with Gasteiger partial charge in [-0.2, -0.15) is 0 Å². The molecule has 6 nitrogen and oxygen atoms in total. The number of rotatable bonds is 4. The number of benzene rings is 2. The summed E-state index contributed by atoms with van der Waals surface area (Å²) in [6.45, 7) is 0.709. The molecule has 1 N–H and O–H groups in total. The van der Waals surface area contributed by atoms with Crippen molar-refractivity contribution in [2.24, 2.45) is 0 Å². The van der Waals surface area contributed by atoms with Crippen LogP contribution in [0.15, 0.2) is 79.1 Å². The summed E-state index contributed by atoms with van der Waals surface area (Å²) in [4.78, 5) is 35.9. The Bertz CT molecular complexity index is 1290. The minimum atomic E-state index is -0.223. The number of carbonyl (C=O) groups excluding carboxylic acids is 2. The lowest BCUT2D eigenvalue weighted by Gasteiger charge is -2.17. The molecule has 0 spiro atoms. The second-order valence-electron chi connectivity index (χ2n) is 7.46. The largest absolute Gasteiger partial charge is 0.322 e. The van der Waals surface area contributed by atoms with Crippen molar-refractivity contribution in [2.45, 2.75) is 12.8 Å². The highest BCUT2D eigenvalue weighted by atomic mass is 16.2. The SMILES string of the molecule is O=C(Nc1cccc(N2CCCC2=O)c1)c1cc(-c2ccncc2)nc2ccccc12. The molecule has 2 aromatic heterocycles. The quantitative estimate of drug-likeness (QED) is 0.532. The second kappa shape index (κ2) is 7.99. The maximum atomic E-state index is 13.3. The zero-order chi connectivity index (χ0) is 21.2. The molecule has 31 heavy (non-hydrogen) atoms. The van der Waals surface area contributed by atoms with Gasteiger partial charge in [0.1, 0.15) is 0 Å². The summed E-state index contributed by atoms with van der Waals surface area (Å²) in [7, 11) is 0. The van der Waals surface area contributed by atoms with Gasteiger partial charge in [0.05, 0.1) is 16.8 Å². The maximum absolute atomic E-state index is 13.3. The van der Waals surface area contributed by atoms with Crippen LogP contribution in [0, 0.1) is 0 Å². The van der Waals surface area contributed by atoms with E-state index in [0.717, 1.165) is 28.6 Å². The monoisotopic (exact) mass is 408 g/mol. The number of fused-ring (bicyclic) bond motifs is 1. The summed E-state index contributed by atoms with van der Waals surface area (Å²) in [5.41, 5.74) is 4.34. The maximum Gasteiger partial charge on any atom is 0.256 e. The Morgan fingerprint density at radius 1 is 0.968 bits per heavy atom. The Balaban J connectivity index is 1.51. The Kier molecular flexibility index (Phi) is 4.88.